The number of hydrogen-bond donors (Lipinski definition) is 1. The topological polar surface area (TPSA) is 55.8 Å². The van der Waals surface area contributed by atoms with Gasteiger partial charge in [-0.2, -0.15) is 0 Å². The highest BCUT2D eigenvalue weighted by Crippen LogP contribution is 2.28. The van der Waals surface area contributed by atoms with Gasteiger partial charge in [0.25, 0.3) is 0 Å². The van der Waals surface area contributed by atoms with Gasteiger partial charge in [0, 0.05) is 6.42 Å². The van der Waals surface area contributed by atoms with Crippen molar-refractivity contribution >= 4 is 5.78 Å². The molecule has 0 heterocycles. The van der Waals surface area contributed by atoms with E-state index in [1.807, 2.05) is 0 Å². The van der Waals surface area contributed by atoms with E-state index in [1.54, 1.807) is 32.2 Å². The van der Waals surface area contributed by atoms with Gasteiger partial charge in [-0.3, -0.25) is 0 Å². The maximum absolute atomic E-state index is 10.8. The molecule has 0 aliphatic carbocycles. The third-order valence-electron chi connectivity index (χ3n) is 2.59. The Labute approximate surface area is 108 Å². The van der Waals surface area contributed by atoms with E-state index in [0.29, 0.717) is 24.5 Å². The summed E-state index contributed by atoms with van der Waals surface area (Å²) in [6, 6.07) is 5.34. The van der Waals surface area contributed by atoms with Crippen LogP contribution in [0.25, 0.3) is 0 Å². The fourth-order valence-electron chi connectivity index (χ4n) is 1.59. The van der Waals surface area contributed by atoms with Gasteiger partial charge < -0.3 is 19.4 Å². The fraction of sp³-hybridized carbons (Fsp3) is 0.500. The number of Topliss-reactive ketones (excluding diaryl/α,β-unsaturated/α-hetero) is 1. The minimum atomic E-state index is -0.0186. The van der Waals surface area contributed by atoms with Gasteiger partial charge in [-0.25, -0.2) is 0 Å². The molecule has 1 aromatic rings. The van der Waals surface area contributed by atoms with Crippen LogP contribution in [-0.2, 0) is 11.4 Å². The molecule has 0 bridgehead atoms. The summed E-state index contributed by atoms with van der Waals surface area (Å²) in [5.41, 5.74) is 0.788. The van der Waals surface area contributed by atoms with Crippen molar-refractivity contribution in [2.45, 2.75) is 32.8 Å². The SMILES string of the molecule is COc1cc(CO)ccc1OCCCCC(C)=O. The Morgan fingerprint density at radius 3 is 2.67 bits per heavy atom. The number of ketones is 1. The number of rotatable bonds is 8. The van der Waals surface area contributed by atoms with Gasteiger partial charge in [-0.05, 0) is 37.5 Å². The number of hydrogen-bond acceptors (Lipinski definition) is 4. The lowest BCUT2D eigenvalue weighted by molar-refractivity contribution is -0.117. The second kappa shape index (κ2) is 7.71. The Hall–Kier alpha value is -1.55. The van der Waals surface area contributed by atoms with Crippen molar-refractivity contribution in [3.8, 4) is 11.5 Å². The number of aliphatic hydroxyl groups excluding tert-OH is 1. The first-order chi connectivity index (χ1) is 8.67. The molecule has 1 rings (SSSR count). The summed E-state index contributed by atoms with van der Waals surface area (Å²) in [6.07, 6.45) is 2.28. The van der Waals surface area contributed by atoms with Crippen LogP contribution in [0, 0.1) is 0 Å². The zero-order valence-corrected chi connectivity index (χ0v) is 10.9. The van der Waals surface area contributed by atoms with Crippen molar-refractivity contribution in [3.05, 3.63) is 23.8 Å². The molecule has 0 aromatic heterocycles. The lowest BCUT2D eigenvalue weighted by atomic mass is 10.2. The monoisotopic (exact) mass is 252 g/mol. The van der Waals surface area contributed by atoms with Crippen molar-refractivity contribution in [1.29, 1.82) is 0 Å². The van der Waals surface area contributed by atoms with Crippen LogP contribution in [0.4, 0.5) is 0 Å². The highest BCUT2D eigenvalue weighted by molar-refractivity contribution is 5.75. The minimum Gasteiger partial charge on any atom is -0.493 e. The van der Waals surface area contributed by atoms with Crippen molar-refractivity contribution in [2.75, 3.05) is 13.7 Å². The number of methoxy groups -OCH3 is 1. The molecule has 18 heavy (non-hydrogen) atoms. The molecule has 0 aliphatic rings. The van der Waals surface area contributed by atoms with Crippen LogP contribution in [0.3, 0.4) is 0 Å². The smallest absolute Gasteiger partial charge is 0.161 e. The van der Waals surface area contributed by atoms with E-state index in [2.05, 4.69) is 0 Å². The van der Waals surface area contributed by atoms with Gasteiger partial charge in [0.15, 0.2) is 11.5 Å². The van der Waals surface area contributed by atoms with E-state index < -0.39 is 0 Å². The molecule has 1 N–H and O–H groups in total. The summed E-state index contributed by atoms with van der Waals surface area (Å²) < 4.78 is 10.8. The van der Waals surface area contributed by atoms with Crippen molar-refractivity contribution in [3.63, 3.8) is 0 Å². The Kier molecular flexibility index (Phi) is 6.22. The fourth-order valence-corrected chi connectivity index (χ4v) is 1.59. The molecule has 0 amide bonds. The first-order valence-electron chi connectivity index (χ1n) is 6.07. The van der Waals surface area contributed by atoms with Crippen LogP contribution in [0.5, 0.6) is 11.5 Å². The predicted octanol–water partition coefficient (Wildman–Crippen LogP) is 2.33. The van der Waals surface area contributed by atoms with E-state index in [0.717, 1.165) is 18.4 Å². The summed E-state index contributed by atoms with van der Waals surface area (Å²) in [5.74, 6) is 1.49. The van der Waals surface area contributed by atoms with Crippen LogP contribution in [0.15, 0.2) is 18.2 Å². The largest absolute Gasteiger partial charge is 0.493 e. The molecule has 4 nitrogen and oxygen atoms in total. The second-order valence-electron chi connectivity index (χ2n) is 4.15. The Bertz CT molecular complexity index is 387. The molecular formula is C14H20O4. The third kappa shape index (κ3) is 4.75. The molecular weight excluding hydrogens is 232 g/mol. The minimum absolute atomic E-state index is 0.0186. The average molecular weight is 252 g/mol. The summed E-state index contributed by atoms with van der Waals surface area (Å²) in [6.45, 7) is 2.13. The number of unbranched alkanes of at least 4 members (excludes halogenated alkanes) is 1. The molecule has 0 aliphatic heterocycles. The maximum atomic E-state index is 10.8. The van der Waals surface area contributed by atoms with Gasteiger partial charge in [0.2, 0.25) is 0 Å². The van der Waals surface area contributed by atoms with Gasteiger partial charge in [0.1, 0.15) is 5.78 Å². The van der Waals surface area contributed by atoms with E-state index in [4.69, 9.17) is 14.6 Å². The van der Waals surface area contributed by atoms with Gasteiger partial charge in [0.05, 0.1) is 20.3 Å². The quantitative estimate of drug-likeness (QED) is 0.721. The second-order valence-corrected chi connectivity index (χ2v) is 4.15. The lowest BCUT2D eigenvalue weighted by Gasteiger charge is -2.11. The van der Waals surface area contributed by atoms with E-state index in [9.17, 15) is 4.79 Å². The number of carbonyl (C=O) groups excluding carboxylic acids is 1. The zero-order valence-electron chi connectivity index (χ0n) is 10.9. The average Bonchev–Trinajstić information content (AvgIpc) is 2.38. The molecule has 0 saturated heterocycles. The first kappa shape index (κ1) is 14.5. The molecule has 0 saturated carbocycles. The number of aliphatic hydroxyl groups is 1. The number of ether oxygens (including phenoxy) is 2. The third-order valence-corrected chi connectivity index (χ3v) is 2.59. The Morgan fingerprint density at radius 1 is 1.28 bits per heavy atom. The van der Waals surface area contributed by atoms with E-state index in [-0.39, 0.29) is 12.4 Å². The molecule has 0 spiro atoms. The first-order valence-corrected chi connectivity index (χ1v) is 6.07. The van der Waals surface area contributed by atoms with Crippen LogP contribution < -0.4 is 9.47 Å². The lowest BCUT2D eigenvalue weighted by Crippen LogP contribution is -2.01. The van der Waals surface area contributed by atoms with Crippen LogP contribution >= 0.6 is 0 Å². The standard InChI is InChI=1S/C14H20O4/c1-11(16)5-3-4-8-18-13-7-6-12(10-15)9-14(13)17-2/h6-7,9,15H,3-5,8,10H2,1-2H3. The number of carbonyl (C=O) groups is 1. The molecule has 4 heteroatoms. The highest BCUT2D eigenvalue weighted by atomic mass is 16.5. The van der Waals surface area contributed by atoms with Gasteiger partial charge in [-0.1, -0.05) is 6.07 Å². The summed E-state index contributed by atoms with van der Waals surface area (Å²) in [4.78, 5) is 10.8. The summed E-state index contributed by atoms with van der Waals surface area (Å²) in [7, 11) is 1.57. The van der Waals surface area contributed by atoms with Crippen LogP contribution in [0.2, 0.25) is 0 Å². The van der Waals surface area contributed by atoms with Crippen molar-refractivity contribution < 1.29 is 19.4 Å². The highest BCUT2D eigenvalue weighted by Gasteiger charge is 2.05. The van der Waals surface area contributed by atoms with E-state index in [1.165, 1.54) is 0 Å². The van der Waals surface area contributed by atoms with Crippen LogP contribution in [0.1, 0.15) is 31.7 Å². The van der Waals surface area contributed by atoms with Crippen molar-refractivity contribution in [1.82, 2.24) is 0 Å². The molecule has 1 aromatic carbocycles. The maximum Gasteiger partial charge on any atom is 0.161 e. The normalized spacial score (nSPS) is 10.2. The van der Waals surface area contributed by atoms with Gasteiger partial charge >= 0.3 is 0 Å². The molecule has 100 valence electrons. The van der Waals surface area contributed by atoms with E-state index >= 15 is 0 Å². The predicted molar refractivity (Wildman–Crippen MR) is 68.9 cm³/mol. The summed E-state index contributed by atoms with van der Waals surface area (Å²) >= 11 is 0. The molecule has 0 unspecified atom stereocenters. The van der Waals surface area contributed by atoms with Gasteiger partial charge in [-0.15, -0.1) is 0 Å². The summed E-state index contributed by atoms with van der Waals surface area (Å²) in [5, 5.41) is 9.02. The van der Waals surface area contributed by atoms with Crippen LogP contribution in [-0.4, -0.2) is 24.6 Å². The number of benzene rings is 1. The Morgan fingerprint density at radius 2 is 2.06 bits per heavy atom. The Balaban J connectivity index is 2.44. The molecule has 0 radical (unpaired) electrons. The molecule has 0 fully saturated rings. The zero-order chi connectivity index (χ0) is 13.4. The van der Waals surface area contributed by atoms with Crippen molar-refractivity contribution in [2.24, 2.45) is 0 Å². The molecule has 0 atom stereocenters.